The Kier molecular flexibility index (Phi) is 4.18. The number of para-hydroxylation sites is 2. The molecular weight excluding hydrogens is 328 g/mol. The lowest BCUT2D eigenvalue weighted by atomic mass is 10.1. The molecule has 2 aliphatic heterocycles. The van der Waals surface area contributed by atoms with E-state index in [1.54, 1.807) is 9.80 Å². The van der Waals surface area contributed by atoms with Gasteiger partial charge in [0.2, 0.25) is 5.91 Å². The number of fused-ring (bicyclic) bond motifs is 2. The third kappa shape index (κ3) is 2.74. The molecule has 6 nitrogen and oxygen atoms in total. The third-order valence-corrected chi connectivity index (χ3v) is 4.81. The Morgan fingerprint density at radius 1 is 0.962 bits per heavy atom. The number of nitrogens with zero attached hydrogens (tertiary/aromatic N) is 2. The summed E-state index contributed by atoms with van der Waals surface area (Å²) < 4.78 is 0. The number of amides is 3. The molecule has 1 saturated heterocycles. The van der Waals surface area contributed by atoms with Crippen LogP contribution in [0.25, 0.3) is 12.2 Å². The molecule has 2 heterocycles. The smallest absolute Gasteiger partial charge is 0.329 e. The highest BCUT2D eigenvalue weighted by atomic mass is 16.2. The second-order valence-corrected chi connectivity index (χ2v) is 6.38. The highest BCUT2D eigenvalue weighted by molar-refractivity contribution is 6.06. The molecule has 26 heavy (non-hydrogen) atoms. The number of anilines is 2. The molecule has 2 aromatic rings. The minimum absolute atomic E-state index is 0.237. The molecule has 6 heteroatoms. The maximum atomic E-state index is 13.5. The van der Waals surface area contributed by atoms with Crippen LogP contribution in [-0.2, 0) is 4.79 Å². The van der Waals surface area contributed by atoms with Crippen LogP contribution in [0.4, 0.5) is 16.2 Å². The molecule has 3 N–H and O–H groups in total. The number of rotatable bonds is 1. The van der Waals surface area contributed by atoms with Gasteiger partial charge in [-0.1, -0.05) is 48.6 Å². The summed E-state index contributed by atoms with van der Waals surface area (Å²) in [5, 5.41) is 3.13. The van der Waals surface area contributed by atoms with Crippen LogP contribution in [0.15, 0.2) is 48.5 Å². The fraction of sp³-hybridized carbons (Fsp3) is 0.200. The Hall–Kier alpha value is -3.12. The number of carbonyl (C=O) groups excluding carboxylic acids is 2. The summed E-state index contributed by atoms with van der Waals surface area (Å²) >= 11 is 0. The Balaban J connectivity index is 1.83. The Bertz CT molecular complexity index is 843. The molecule has 0 saturated carbocycles. The first-order valence-electron chi connectivity index (χ1n) is 8.64. The van der Waals surface area contributed by atoms with Crippen molar-refractivity contribution >= 4 is 35.5 Å². The molecule has 0 spiro atoms. The quantitative estimate of drug-likeness (QED) is 0.829. The van der Waals surface area contributed by atoms with Crippen molar-refractivity contribution < 1.29 is 9.59 Å². The molecule has 3 amide bonds. The number of benzene rings is 2. The fourth-order valence-electron chi connectivity index (χ4n) is 3.50. The van der Waals surface area contributed by atoms with E-state index in [9.17, 15) is 9.59 Å². The van der Waals surface area contributed by atoms with Crippen LogP contribution < -0.4 is 16.0 Å². The number of nitrogens with one attached hydrogen (secondary N) is 1. The van der Waals surface area contributed by atoms with Crippen LogP contribution in [0.3, 0.4) is 0 Å². The largest absolute Gasteiger partial charge is 0.368 e. The van der Waals surface area contributed by atoms with Gasteiger partial charge in [0.15, 0.2) is 0 Å². The lowest BCUT2D eigenvalue weighted by Crippen LogP contribution is -2.61. The number of urea groups is 1. The zero-order valence-corrected chi connectivity index (χ0v) is 14.3. The molecule has 0 aliphatic carbocycles. The van der Waals surface area contributed by atoms with E-state index in [0.29, 0.717) is 19.6 Å². The number of carbonyl (C=O) groups is 2. The first-order valence-corrected chi connectivity index (χ1v) is 8.64. The van der Waals surface area contributed by atoms with Crippen molar-refractivity contribution in [1.82, 2.24) is 10.2 Å². The number of piperazine rings is 1. The zero-order valence-electron chi connectivity index (χ0n) is 14.3. The predicted octanol–water partition coefficient (Wildman–Crippen LogP) is 2.19. The Morgan fingerprint density at radius 2 is 1.54 bits per heavy atom. The lowest BCUT2D eigenvalue weighted by Gasteiger charge is -2.38. The summed E-state index contributed by atoms with van der Waals surface area (Å²) in [6.45, 7) is 1.43. The van der Waals surface area contributed by atoms with Crippen molar-refractivity contribution in [3.63, 3.8) is 0 Å². The average Bonchev–Trinajstić information content (AvgIpc) is 2.84. The summed E-state index contributed by atoms with van der Waals surface area (Å²) in [7, 11) is 0. The van der Waals surface area contributed by atoms with Crippen molar-refractivity contribution in [2.24, 2.45) is 5.73 Å². The highest BCUT2D eigenvalue weighted by Crippen LogP contribution is 2.37. The second-order valence-electron chi connectivity index (χ2n) is 6.38. The van der Waals surface area contributed by atoms with Crippen LogP contribution in [0, 0.1) is 0 Å². The maximum absolute atomic E-state index is 13.5. The molecule has 0 bridgehead atoms. The molecule has 132 valence electrons. The van der Waals surface area contributed by atoms with Crippen molar-refractivity contribution in [3.05, 3.63) is 59.7 Å². The van der Waals surface area contributed by atoms with Crippen LogP contribution in [0.2, 0.25) is 0 Å². The molecule has 0 aromatic heterocycles. The second kappa shape index (κ2) is 6.65. The van der Waals surface area contributed by atoms with Gasteiger partial charge in [-0.25, -0.2) is 4.79 Å². The van der Waals surface area contributed by atoms with E-state index < -0.39 is 11.9 Å². The van der Waals surface area contributed by atoms with Gasteiger partial charge < -0.3 is 16.0 Å². The van der Waals surface area contributed by atoms with Gasteiger partial charge in [0.25, 0.3) is 0 Å². The van der Waals surface area contributed by atoms with E-state index in [0.717, 1.165) is 22.5 Å². The van der Waals surface area contributed by atoms with Gasteiger partial charge in [-0.15, -0.1) is 0 Å². The highest BCUT2D eigenvalue weighted by Gasteiger charge is 2.35. The van der Waals surface area contributed by atoms with Crippen LogP contribution in [0.5, 0.6) is 0 Å². The minimum Gasteiger partial charge on any atom is -0.368 e. The van der Waals surface area contributed by atoms with E-state index in [-0.39, 0.29) is 6.03 Å². The zero-order chi connectivity index (χ0) is 18.1. The SMILES string of the molecule is NC(=O)[C@@H]1CNCCN1C(=O)N1c2ccccc2C=Cc2ccccc21. The number of hydrogen-bond acceptors (Lipinski definition) is 3. The van der Waals surface area contributed by atoms with Crippen LogP contribution in [-0.4, -0.2) is 42.5 Å². The minimum atomic E-state index is -0.660. The van der Waals surface area contributed by atoms with E-state index in [4.69, 9.17) is 5.73 Å². The summed E-state index contributed by atoms with van der Waals surface area (Å²) in [4.78, 5) is 28.7. The Morgan fingerprint density at radius 3 is 2.12 bits per heavy atom. The van der Waals surface area contributed by atoms with Gasteiger partial charge in [0, 0.05) is 19.6 Å². The number of nitrogens with two attached hydrogens (primary N) is 1. The summed E-state index contributed by atoms with van der Waals surface area (Å²) in [6, 6.07) is 14.6. The molecule has 1 fully saturated rings. The van der Waals surface area contributed by atoms with E-state index in [2.05, 4.69) is 5.32 Å². The Labute approximate surface area is 151 Å². The van der Waals surface area contributed by atoms with Crippen molar-refractivity contribution in [3.8, 4) is 0 Å². The monoisotopic (exact) mass is 348 g/mol. The van der Waals surface area contributed by atoms with E-state index in [1.165, 1.54) is 0 Å². The van der Waals surface area contributed by atoms with Gasteiger partial charge in [0.1, 0.15) is 6.04 Å². The topological polar surface area (TPSA) is 78.7 Å². The van der Waals surface area contributed by atoms with Gasteiger partial charge in [-0.3, -0.25) is 9.69 Å². The van der Waals surface area contributed by atoms with Crippen LogP contribution in [0.1, 0.15) is 11.1 Å². The van der Waals surface area contributed by atoms with Crippen molar-refractivity contribution in [2.75, 3.05) is 24.5 Å². The number of hydrogen-bond donors (Lipinski definition) is 2. The molecule has 0 unspecified atom stereocenters. The molecule has 0 radical (unpaired) electrons. The van der Waals surface area contributed by atoms with Gasteiger partial charge in [-0.2, -0.15) is 0 Å². The normalized spacial score (nSPS) is 18.7. The standard InChI is InChI=1S/C20H20N4O2/c21-19(25)18-13-22-11-12-23(18)20(26)24-16-7-3-1-5-14(16)9-10-15-6-2-4-8-17(15)24/h1-10,18,22H,11-13H2,(H2,21,25)/t18-/m0/s1. The fourth-order valence-corrected chi connectivity index (χ4v) is 3.50. The average molecular weight is 348 g/mol. The van der Waals surface area contributed by atoms with Gasteiger partial charge >= 0.3 is 6.03 Å². The predicted molar refractivity (Wildman–Crippen MR) is 102 cm³/mol. The van der Waals surface area contributed by atoms with E-state index in [1.807, 2.05) is 60.7 Å². The third-order valence-electron chi connectivity index (χ3n) is 4.81. The molecule has 4 rings (SSSR count). The first kappa shape index (κ1) is 16.4. The van der Waals surface area contributed by atoms with Crippen LogP contribution >= 0.6 is 0 Å². The molecule has 2 aromatic carbocycles. The number of primary amides is 1. The van der Waals surface area contributed by atoms with E-state index >= 15 is 0 Å². The molecular formula is C20H20N4O2. The maximum Gasteiger partial charge on any atom is 0.329 e. The summed E-state index contributed by atoms with van der Waals surface area (Å²) in [5.41, 5.74) is 9.02. The molecule has 2 aliphatic rings. The van der Waals surface area contributed by atoms with Gasteiger partial charge in [-0.05, 0) is 23.3 Å². The summed E-state index contributed by atoms with van der Waals surface area (Å²) in [6.07, 6.45) is 4.01. The summed E-state index contributed by atoms with van der Waals surface area (Å²) in [5.74, 6) is -0.500. The first-order chi connectivity index (χ1) is 12.7. The van der Waals surface area contributed by atoms with Crippen molar-refractivity contribution in [1.29, 1.82) is 0 Å². The lowest BCUT2D eigenvalue weighted by molar-refractivity contribution is -0.122. The van der Waals surface area contributed by atoms with Crippen molar-refractivity contribution in [2.45, 2.75) is 6.04 Å². The van der Waals surface area contributed by atoms with Gasteiger partial charge in [0.05, 0.1) is 11.4 Å². The molecule has 1 atom stereocenters.